The van der Waals surface area contributed by atoms with Gasteiger partial charge in [-0.05, 0) is 35.9 Å². The standard InChI is InChI=1S/C18H15F3N4O/c19-18(20,21)16-9-10-22-17(24-16)26-15-8-4-5-13(11-15)12-23-25-14-6-2-1-3-7-14/h1-11,23,25H,12H2. The molecule has 0 spiro atoms. The molecule has 0 fully saturated rings. The van der Waals surface area contributed by atoms with Crippen LogP contribution in [-0.2, 0) is 12.7 Å². The first kappa shape index (κ1) is 17.7. The van der Waals surface area contributed by atoms with Gasteiger partial charge in [0.25, 0.3) is 0 Å². The van der Waals surface area contributed by atoms with Crippen LogP contribution in [0.2, 0.25) is 0 Å². The Hall–Kier alpha value is -3.13. The number of halogens is 3. The Labute approximate surface area is 147 Å². The molecule has 134 valence electrons. The van der Waals surface area contributed by atoms with E-state index in [2.05, 4.69) is 20.8 Å². The van der Waals surface area contributed by atoms with Gasteiger partial charge in [0.15, 0.2) is 5.69 Å². The minimum Gasteiger partial charge on any atom is -0.424 e. The number of hydrogen-bond acceptors (Lipinski definition) is 5. The van der Waals surface area contributed by atoms with E-state index in [4.69, 9.17) is 4.74 Å². The zero-order chi connectivity index (χ0) is 18.4. The van der Waals surface area contributed by atoms with Crippen LogP contribution in [0.3, 0.4) is 0 Å². The highest BCUT2D eigenvalue weighted by Gasteiger charge is 2.33. The van der Waals surface area contributed by atoms with Crippen LogP contribution in [-0.4, -0.2) is 9.97 Å². The maximum absolute atomic E-state index is 12.7. The van der Waals surface area contributed by atoms with Crippen molar-refractivity contribution in [3.05, 3.63) is 78.1 Å². The number of alkyl halides is 3. The lowest BCUT2D eigenvalue weighted by atomic mass is 10.2. The SMILES string of the molecule is FC(F)(F)c1ccnc(Oc2cccc(CNNc3ccccc3)c2)n1. The van der Waals surface area contributed by atoms with E-state index in [1.54, 1.807) is 18.2 Å². The molecule has 8 heteroatoms. The molecular weight excluding hydrogens is 345 g/mol. The summed E-state index contributed by atoms with van der Waals surface area (Å²) in [5.74, 6) is 0.350. The predicted octanol–water partition coefficient (Wildman–Crippen LogP) is 4.40. The van der Waals surface area contributed by atoms with Crippen molar-refractivity contribution in [1.82, 2.24) is 15.4 Å². The zero-order valence-electron chi connectivity index (χ0n) is 13.5. The molecule has 0 saturated heterocycles. The second kappa shape index (κ2) is 7.83. The summed E-state index contributed by atoms with van der Waals surface area (Å²) in [5, 5.41) is 0. The van der Waals surface area contributed by atoms with Gasteiger partial charge in [-0.1, -0.05) is 30.3 Å². The van der Waals surface area contributed by atoms with Crippen molar-refractivity contribution >= 4 is 5.69 Å². The van der Waals surface area contributed by atoms with Crippen LogP contribution in [0, 0.1) is 0 Å². The Morgan fingerprint density at radius 1 is 0.962 bits per heavy atom. The number of nitrogens with zero attached hydrogens (tertiary/aromatic N) is 2. The molecule has 0 unspecified atom stereocenters. The summed E-state index contributed by atoms with van der Waals surface area (Å²) in [4.78, 5) is 7.10. The quantitative estimate of drug-likeness (QED) is 0.638. The number of rotatable bonds is 6. The van der Waals surface area contributed by atoms with E-state index in [1.165, 1.54) is 0 Å². The first-order valence-electron chi connectivity index (χ1n) is 7.72. The first-order chi connectivity index (χ1) is 12.5. The Bertz CT molecular complexity index is 856. The summed E-state index contributed by atoms with van der Waals surface area (Å²) in [6.07, 6.45) is -3.53. The van der Waals surface area contributed by atoms with Crippen molar-refractivity contribution in [3.8, 4) is 11.8 Å². The summed E-state index contributed by atoms with van der Waals surface area (Å²) in [6, 6.07) is 16.9. The molecule has 3 rings (SSSR count). The third-order valence-electron chi connectivity index (χ3n) is 3.33. The fourth-order valence-corrected chi connectivity index (χ4v) is 2.14. The van der Waals surface area contributed by atoms with E-state index in [9.17, 15) is 13.2 Å². The molecule has 2 N–H and O–H groups in total. The number of para-hydroxylation sites is 1. The van der Waals surface area contributed by atoms with Gasteiger partial charge < -0.3 is 10.2 Å². The molecule has 2 aromatic carbocycles. The molecule has 0 aliphatic rings. The number of anilines is 1. The molecule has 0 saturated carbocycles. The third-order valence-corrected chi connectivity index (χ3v) is 3.33. The van der Waals surface area contributed by atoms with Gasteiger partial charge in [-0.25, -0.2) is 10.4 Å². The highest BCUT2D eigenvalue weighted by molar-refractivity contribution is 5.41. The summed E-state index contributed by atoms with van der Waals surface area (Å²) in [5.41, 5.74) is 6.84. The summed E-state index contributed by atoms with van der Waals surface area (Å²) >= 11 is 0. The van der Waals surface area contributed by atoms with Crippen molar-refractivity contribution in [2.24, 2.45) is 0 Å². The minimum absolute atomic E-state index is 0.350. The maximum Gasteiger partial charge on any atom is 0.433 e. The van der Waals surface area contributed by atoms with Gasteiger partial charge in [0.1, 0.15) is 5.75 Å². The second-order valence-electron chi connectivity index (χ2n) is 5.32. The van der Waals surface area contributed by atoms with Crippen LogP contribution in [0.25, 0.3) is 0 Å². The number of ether oxygens (including phenoxy) is 1. The van der Waals surface area contributed by atoms with Crippen molar-refractivity contribution in [2.45, 2.75) is 12.7 Å². The van der Waals surface area contributed by atoms with Gasteiger partial charge in [0.05, 0.1) is 0 Å². The molecule has 0 amide bonds. The molecule has 5 nitrogen and oxygen atoms in total. The predicted molar refractivity (Wildman–Crippen MR) is 90.5 cm³/mol. The third kappa shape index (κ3) is 4.93. The maximum atomic E-state index is 12.7. The lowest BCUT2D eigenvalue weighted by Crippen LogP contribution is -2.20. The fraction of sp³-hybridized carbons (Fsp3) is 0.111. The largest absolute Gasteiger partial charge is 0.433 e. The summed E-state index contributed by atoms with van der Waals surface area (Å²) < 4.78 is 43.4. The van der Waals surface area contributed by atoms with Gasteiger partial charge in [0.2, 0.25) is 0 Å². The lowest BCUT2D eigenvalue weighted by molar-refractivity contribution is -0.141. The lowest BCUT2D eigenvalue weighted by Gasteiger charge is -2.10. The van der Waals surface area contributed by atoms with Crippen LogP contribution in [0.5, 0.6) is 11.8 Å². The summed E-state index contributed by atoms with van der Waals surface area (Å²) in [7, 11) is 0. The number of nitrogens with one attached hydrogen (secondary N) is 2. The Morgan fingerprint density at radius 3 is 2.54 bits per heavy atom. The Balaban J connectivity index is 1.62. The van der Waals surface area contributed by atoms with Crippen LogP contribution in [0.15, 0.2) is 66.9 Å². The highest BCUT2D eigenvalue weighted by Crippen LogP contribution is 2.29. The molecule has 0 aliphatic heterocycles. The van der Waals surface area contributed by atoms with E-state index in [0.717, 1.165) is 23.5 Å². The van der Waals surface area contributed by atoms with Crippen molar-refractivity contribution < 1.29 is 17.9 Å². The molecule has 0 radical (unpaired) electrons. The van der Waals surface area contributed by atoms with E-state index in [1.807, 2.05) is 36.4 Å². The molecule has 0 aliphatic carbocycles. The fourth-order valence-electron chi connectivity index (χ4n) is 2.14. The Kier molecular flexibility index (Phi) is 5.33. The van der Waals surface area contributed by atoms with Crippen LogP contribution in [0.1, 0.15) is 11.3 Å². The average molecular weight is 360 g/mol. The zero-order valence-corrected chi connectivity index (χ0v) is 13.5. The summed E-state index contributed by atoms with van der Waals surface area (Å²) in [6.45, 7) is 0.482. The van der Waals surface area contributed by atoms with Crippen LogP contribution < -0.4 is 15.6 Å². The molecule has 1 heterocycles. The van der Waals surface area contributed by atoms with Crippen molar-refractivity contribution in [1.29, 1.82) is 0 Å². The number of hydrazine groups is 1. The molecule has 26 heavy (non-hydrogen) atoms. The average Bonchev–Trinajstić information content (AvgIpc) is 2.63. The van der Waals surface area contributed by atoms with Crippen molar-refractivity contribution in [2.75, 3.05) is 5.43 Å². The minimum atomic E-state index is -4.55. The number of hydrogen-bond donors (Lipinski definition) is 2. The van der Waals surface area contributed by atoms with Gasteiger partial charge in [-0.3, -0.25) is 0 Å². The van der Waals surface area contributed by atoms with E-state index in [-0.39, 0.29) is 6.01 Å². The molecule has 3 aromatic rings. The second-order valence-corrected chi connectivity index (χ2v) is 5.32. The molecule has 0 bridgehead atoms. The Morgan fingerprint density at radius 2 is 1.77 bits per heavy atom. The van der Waals surface area contributed by atoms with Crippen LogP contribution >= 0.6 is 0 Å². The smallest absolute Gasteiger partial charge is 0.424 e. The molecule has 1 aromatic heterocycles. The van der Waals surface area contributed by atoms with E-state index in [0.29, 0.717) is 12.3 Å². The number of aromatic nitrogens is 2. The van der Waals surface area contributed by atoms with Gasteiger partial charge in [-0.15, -0.1) is 0 Å². The van der Waals surface area contributed by atoms with Crippen LogP contribution in [0.4, 0.5) is 18.9 Å². The van der Waals surface area contributed by atoms with E-state index < -0.39 is 11.9 Å². The topological polar surface area (TPSA) is 59.1 Å². The van der Waals surface area contributed by atoms with Gasteiger partial charge in [-0.2, -0.15) is 18.2 Å². The number of benzene rings is 2. The molecular formula is C18H15F3N4O. The van der Waals surface area contributed by atoms with Gasteiger partial charge >= 0.3 is 12.2 Å². The monoisotopic (exact) mass is 360 g/mol. The van der Waals surface area contributed by atoms with Crippen molar-refractivity contribution in [3.63, 3.8) is 0 Å². The first-order valence-corrected chi connectivity index (χ1v) is 7.72. The molecule has 0 atom stereocenters. The normalized spacial score (nSPS) is 11.2. The van der Waals surface area contributed by atoms with Gasteiger partial charge in [0, 0.05) is 18.4 Å². The highest BCUT2D eigenvalue weighted by atomic mass is 19.4. The van der Waals surface area contributed by atoms with E-state index >= 15 is 0 Å².